The highest BCUT2D eigenvalue weighted by atomic mass is 16.6. The first kappa shape index (κ1) is 19.7. The predicted molar refractivity (Wildman–Crippen MR) is 107 cm³/mol. The standard InChI is InChI=1S/C24H34O4/c1-15(25)24(28-16(2)26)13-10-21-19-7-6-17-14-18(27-5)8-11-22(17,3)20(19)9-12-23(21,24)4/h6,14,19-21H,7-13H2,1-5H3/t19-,20+,21-,22+,23-,24+/m1/s1. The lowest BCUT2D eigenvalue weighted by atomic mass is 9.47. The number of carbonyl (C=O) groups excluding carboxylic acids is 2. The molecule has 0 unspecified atom stereocenters. The molecular weight excluding hydrogens is 352 g/mol. The van der Waals surface area contributed by atoms with Gasteiger partial charge in [0.25, 0.3) is 0 Å². The molecule has 0 saturated heterocycles. The first-order chi connectivity index (χ1) is 13.2. The SMILES string of the molecule is COC1=CC2=CC[C@H]3[C@H]4CC[C@](OC(C)=O)(C(C)=O)[C@]4(C)CC[C@@H]3[C@@]2(C)CC1. The summed E-state index contributed by atoms with van der Waals surface area (Å²) in [4.78, 5) is 24.7. The van der Waals surface area contributed by atoms with Crippen molar-refractivity contribution in [3.05, 3.63) is 23.5 Å². The summed E-state index contributed by atoms with van der Waals surface area (Å²) in [6, 6.07) is 0. The molecule has 0 radical (unpaired) electrons. The summed E-state index contributed by atoms with van der Waals surface area (Å²) in [7, 11) is 1.77. The Hall–Kier alpha value is -1.58. The molecule has 0 N–H and O–H groups in total. The van der Waals surface area contributed by atoms with E-state index in [1.807, 2.05) is 0 Å². The van der Waals surface area contributed by atoms with Gasteiger partial charge in [0.1, 0.15) is 0 Å². The highest BCUT2D eigenvalue weighted by Gasteiger charge is 2.67. The number of methoxy groups -OCH3 is 1. The van der Waals surface area contributed by atoms with Crippen LogP contribution in [0.1, 0.15) is 72.6 Å². The van der Waals surface area contributed by atoms with E-state index in [9.17, 15) is 9.59 Å². The quantitative estimate of drug-likeness (QED) is 0.642. The number of fused-ring (bicyclic) bond motifs is 5. The van der Waals surface area contributed by atoms with Gasteiger partial charge in [-0.3, -0.25) is 9.59 Å². The molecule has 4 aliphatic rings. The molecule has 0 aromatic heterocycles. The molecule has 2 fully saturated rings. The van der Waals surface area contributed by atoms with Gasteiger partial charge in [-0.15, -0.1) is 0 Å². The summed E-state index contributed by atoms with van der Waals surface area (Å²) in [5, 5.41) is 0. The van der Waals surface area contributed by atoms with E-state index in [1.165, 1.54) is 12.5 Å². The molecule has 0 aromatic carbocycles. The Bertz CT molecular complexity index is 765. The van der Waals surface area contributed by atoms with E-state index in [4.69, 9.17) is 9.47 Å². The fourth-order valence-corrected chi connectivity index (χ4v) is 7.52. The molecule has 0 heterocycles. The maximum absolute atomic E-state index is 12.8. The number of rotatable bonds is 3. The number of carbonyl (C=O) groups is 2. The zero-order chi connectivity index (χ0) is 20.3. The van der Waals surface area contributed by atoms with Crippen molar-refractivity contribution in [2.75, 3.05) is 7.11 Å². The van der Waals surface area contributed by atoms with Crippen LogP contribution in [0.2, 0.25) is 0 Å². The van der Waals surface area contributed by atoms with Gasteiger partial charge in [0.2, 0.25) is 0 Å². The van der Waals surface area contributed by atoms with Crippen LogP contribution in [0.25, 0.3) is 0 Å². The molecule has 6 atom stereocenters. The highest BCUT2D eigenvalue weighted by Crippen LogP contribution is 2.67. The van der Waals surface area contributed by atoms with E-state index in [-0.39, 0.29) is 22.6 Å². The van der Waals surface area contributed by atoms with Crippen LogP contribution in [0.3, 0.4) is 0 Å². The smallest absolute Gasteiger partial charge is 0.303 e. The lowest BCUT2D eigenvalue weighted by Gasteiger charge is -2.58. The predicted octanol–water partition coefficient (Wildman–Crippen LogP) is 4.98. The third kappa shape index (κ3) is 2.48. The van der Waals surface area contributed by atoms with Gasteiger partial charge in [-0.25, -0.2) is 0 Å². The van der Waals surface area contributed by atoms with Crippen molar-refractivity contribution in [1.29, 1.82) is 0 Å². The third-order valence-corrected chi connectivity index (χ3v) is 9.00. The Morgan fingerprint density at radius 3 is 2.43 bits per heavy atom. The van der Waals surface area contributed by atoms with Crippen LogP contribution in [0.15, 0.2) is 23.5 Å². The summed E-state index contributed by atoms with van der Waals surface area (Å²) in [5.41, 5.74) is 0.441. The van der Waals surface area contributed by atoms with Crippen molar-refractivity contribution in [2.45, 2.75) is 78.2 Å². The van der Waals surface area contributed by atoms with Crippen LogP contribution in [0.4, 0.5) is 0 Å². The zero-order valence-electron chi connectivity index (χ0n) is 18.0. The summed E-state index contributed by atoms with van der Waals surface area (Å²) >= 11 is 0. The topological polar surface area (TPSA) is 52.6 Å². The molecule has 0 bridgehead atoms. The normalized spacial score (nSPS) is 44.4. The van der Waals surface area contributed by atoms with Crippen molar-refractivity contribution in [3.8, 4) is 0 Å². The fourth-order valence-electron chi connectivity index (χ4n) is 7.52. The number of ketones is 1. The summed E-state index contributed by atoms with van der Waals surface area (Å²) in [6.45, 7) is 7.70. The van der Waals surface area contributed by atoms with E-state index in [0.717, 1.165) is 44.3 Å². The van der Waals surface area contributed by atoms with Crippen LogP contribution in [0.5, 0.6) is 0 Å². The summed E-state index contributed by atoms with van der Waals surface area (Å²) in [6.07, 6.45) is 11.6. The van der Waals surface area contributed by atoms with Crippen molar-refractivity contribution in [1.82, 2.24) is 0 Å². The number of ether oxygens (including phenoxy) is 2. The molecule has 0 spiro atoms. The molecule has 28 heavy (non-hydrogen) atoms. The second kappa shape index (κ2) is 6.47. The molecule has 2 saturated carbocycles. The maximum atomic E-state index is 12.8. The lowest BCUT2D eigenvalue weighted by Crippen LogP contribution is -2.58. The second-order valence-electron chi connectivity index (χ2n) is 9.98. The molecular formula is C24H34O4. The van der Waals surface area contributed by atoms with Crippen LogP contribution in [0, 0.1) is 28.6 Å². The van der Waals surface area contributed by atoms with E-state index in [2.05, 4.69) is 26.0 Å². The molecule has 154 valence electrons. The summed E-state index contributed by atoms with van der Waals surface area (Å²) in [5.74, 6) is 2.39. The van der Waals surface area contributed by atoms with Crippen molar-refractivity contribution < 1.29 is 19.1 Å². The van der Waals surface area contributed by atoms with Crippen LogP contribution < -0.4 is 0 Å². The Balaban J connectivity index is 1.71. The highest BCUT2D eigenvalue weighted by molar-refractivity contribution is 5.89. The van der Waals surface area contributed by atoms with Gasteiger partial charge in [-0.2, -0.15) is 0 Å². The second-order valence-corrected chi connectivity index (χ2v) is 9.98. The molecule has 4 rings (SSSR count). The van der Waals surface area contributed by atoms with Gasteiger partial charge in [0.15, 0.2) is 11.4 Å². The first-order valence-corrected chi connectivity index (χ1v) is 10.8. The van der Waals surface area contributed by atoms with Crippen molar-refractivity contribution in [3.63, 3.8) is 0 Å². The van der Waals surface area contributed by atoms with Gasteiger partial charge in [-0.1, -0.05) is 19.9 Å². The maximum Gasteiger partial charge on any atom is 0.303 e. The fraction of sp³-hybridized carbons (Fsp3) is 0.750. The first-order valence-electron chi connectivity index (χ1n) is 10.8. The van der Waals surface area contributed by atoms with Gasteiger partial charge >= 0.3 is 5.97 Å². The lowest BCUT2D eigenvalue weighted by molar-refractivity contribution is -0.186. The molecule has 4 nitrogen and oxygen atoms in total. The number of Topliss-reactive ketones (excluding diaryl/α,β-unsaturated/α-hetero) is 1. The molecule has 4 aliphatic carbocycles. The van der Waals surface area contributed by atoms with Gasteiger partial charge < -0.3 is 9.47 Å². The monoisotopic (exact) mass is 386 g/mol. The van der Waals surface area contributed by atoms with Crippen LogP contribution in [-0.4, -0.2) is 24.5 Å². The third-order valence-electron chi connectivity index (χ3n) is 9.00. The average Bonchev–Trinajstić information content (AvgIpc) is 2.94. The van der Waals surface area contributed by atoms with E-state index >= 15 is 0 Å². The number of hydrogen-bond acceptors (Lipinski definition) is 4. The Labute approximate surface area is 168 Å². The van der Waals surface area contributed by atoms with Gasteiger partial charge in [0.05, 0.1) is 12.9 Å². The van der Waals surface area contributed by atoms with Crippen LogP contribution >= 0.6 is 0 Å². The minimum Gasteiger partial charge on any atom is -0.501 e. The van der Waals surface area contributed by atoms with Crippen LogP contribution in [-0.2, 0) is 19.1 Å². The molecule has 0 amide bonds. The van der Waals surface area contributed by atoms with E-state index in [1.54, 1.807) is 14.0 Å². The summed E-state index contributed by atoms with van der Waals surface area (Å²) < 4.78 is 11.4. The minimum absolute atomic E-state index is 0.0229. The van der Waals surface area contributed by atoms with Gasteiger partial charge in [0, 0.05) is 18.8 Å². The number of esters is 1. The Morgan fingerprint density at radius 1 is 1.07 bits per heavy atom. The van der Waals surface area contributed by atoms with Gasteiger partial charge in [-0.05, 0) is 80.3 Å². The molecule has 0 aromatic rings. The zero-order valence-corrected chi connectivity index (χ0v) is 18.0. The van der Waals surface area contributed by atoms with E-state index < -0.39 is 5.60 Å². The average molecular weight is 387 g/mol. The Morgan fingerprint density at radius 2 is 1.79 bits per heavy atom. The number of allylic oxidation sites excluding steroid dienone is 4. The molecule has 4 heteroatoms. The van der Waals surface area contributed by atoms with E-state index in [0.29, 0.717) is 24.2 Å². The number of hydrogen-bond donors (Lipinski definition) is 0. The minimum atomic E-state index is -0.935. The van der Waals surface area contributed by atoms with Crippen molar-refractivity contribution in [2.24, 2.45) is 28.6 Å². The largest absolute Gasteiger partial charge is 0.501 e. The molecule has 0 aliphatic heterocycles. The Kier molecular flexibility index (Phi) is 4.55. The van der Waals surface area contributed by atoms with Crippen molar-refractivity contribution >= 4 is 11.8 Å².